The Kier molecular flexibility index (Phi) is 6.93. The van der Waals surface area contributed by atoms with Crippen LogP contribution in [0.25, 0.3) is 6.08 Å². The van der Waals surface area contributed by atoms with Gasteiger partial charge in [-0.15, -0.1) is 0 Å². The molecule has 1 saturated heterocycles. The van der Waals surface area contributed by atoms with E-state index in [9.17, 15) is 19.2 Å². The van der Waals surface area contributed by atoms with Crippen LogP contribution in [0.4, 0.5) is 10.5 Å². The van der Waals surface area contributed by atoms with E-state index in [-0.39, 0.29) is 4.91 Å². The molecular weight excluding hydrogens is 424 g/mol. The van der Waals surface area contributed by atoms with Crippen molar-refractivity contribution in [1.82, 2.24) is 4.90 Å². The fraction of sp³-hybridized carbons (Fsp3) is 0.143. The zero-order valence-corrected chi connectivity index (χ0v) is 17.2. The van der Waals surface area contributed by atoms with Crippen LogP contribution in [0.5, 0.6) is 11.5 Å². The first-order valence-corrected chi connectivity index (χ1v) is 9.82. The number of hydrogen-bond acceptors (Lipinski definition) is 7. The number of ether oxygens (including phenoxy) is 2. The topological polar surface area (TPSA) is 122 Å². The maximum Gasteiger partial charge on any atom is 0.341 e. The molecule has 0 saturated carbocycles. The van der Waals surface area contributed by atoms with Crippen molar-refractivity contribution < 1.29 is 33.8 Å². The molecule has 160 valence electrons. The molecule has 3 rings (SSSR count). The molecule has 2 aromatic carbocycles. The number of amides is 3. The first-order valence-electron chi connectivity index (χ1n) is 9.00. The first kappa shape index (κ1) is 21.9. The Morgan fingerprint density at radius 3 is 2.52 bits per heavy atom. The SMILES string of the molecule is COc1ccccc1NC(=O)CN1C(=O)S/C(=C/c2ccc(OCC(=O)O)cc2)C1=O. The predicted molar refractivity (Wildman–Crippen MR) is 114 cm³/mol. The molecule has 1 fully saturated rings. The number of nitrogens with zero attached hydrogens (tertiary/aromatic N) is 1. The van der Waals surface area contributed by atoms with E-state index in [2.05, 4.69) is 5.32 Å². The normalized spacial score (nSPS) is 14.6. The number of anilines is 1. The molecule has 0 unspecified atom stereocenters. The minimum absolute atomic E-state index is 0.175. The highest BCUT2D eigenvalue weighted by Gasteiger charge is 2.36. The molecule has 0 radical (unpaired) electrons. The number of methoxy groups -OCH3 is 1. The van der Waals surface area contributed by atoms with Gasteiger partial charge in [-0.25, -0.2) is 4.79 Å². The lowest BCUT2D eigenvalue weighted by Crippen LogP contribution is -2.36. The van der Waals surface area contributed by atoms with Crippen molar-refractivity contribution in [1.29, 1.82) is 0 Å². The third kappa shape index (κ3) is 5.64. The lowest BCUT2D eigenvalue weighted by Gasteiger charge is -2.14. The van der Waals surface area contributed by atoms with Crippen molar-refractivity contribution in [2.75, 3.05) is 25.6 Å². The standard InChI is InChI=1S/C21H18N2O7S/c1-29-16-5-3-2-4-15(16)22-18(24)11-23-20(27)17(31-21(23)28)10-13-6-8-14(9-7-13)30-12-19(25)26/h2-10H,11-12H2,1H3,(H,22,24)(H,25,26)/b17-10+. The summed E-state index contributed by atoms with van der Waals surface area (Å²) >= 11 is 0.736. The number of benzene rings is 2. The van der Waals surface area contributed by atoms with Crippen LogP contribution in [0.1, 0.15) is 5.56 Å². The molecule has 9 nitrogen and oxygen atoms in total. The number of rotatable bonds is 8. The van der Waals surface area contributed by atoms with Gasteiger partial charge < -0.3 is 19.9 Å². The van der Waals surface area contributed by atoms with E-state index >= 15 is 0 Å². The highest BCUT2D eigenvalue weighted by atomic mass is 32.2. The van der Waals surface area contributed by atoms with E-state index in [0.29, 0.717) is 22.7 Å². The number of carbonyl (C=O) groups excluding carboxylic acids is 3. The van der Waals surface area contributed by atoms with Crippen LogP contribution < -0.4 is 14.8 Å². The first-order chi connectivity index (χ1) is 14.9. The van der Waals surface area contributed by atoms with E-state index in [1.165, 1.54) is 13.2 Å². The third-order valence-corrected chi connectivity index (χ3v) is 5.00. The molecule has 1 heterocycles. The maximum atomic E-state index is 12.6. The van der Waals surface area contributed by atoms with Crippen LogP contribution in [-0.2, 0) is 14.4 Å². The summed E-state index contributed by atoms with van der Waals surface area (Å²) in [6.45, 7) is -0.892. The minimum atomic E-state index is -1.09. The van der Waals surface area contributed by atoms with Crippen LogP contribution in [0.15, 0.2) is 53.4 Å². The van der Waals surface area contributed by atoms with Gasteiger partial charge in [0, 0.05) is 0 Å². The van der Waals surface area contributed by atoms with Gasteiger partial charge in [0.25, 0.3) is 11.1 Å². The van der Waals surface area contributed by atoms with Crippen LogP contribution in [-0.4, -0.2) is 53.3 Å². The summed E-state index contributed by atoms with van der Waals surface area (Å²) in [7, 11) is 1.47. The highest BCUT2D eigenvalue weighted by Crippen LogP contribution is 2.32. The predicted octanol–water partition coefficient (Wildman–Crippen LogP) is 2.83. The molecule has 1 aliphatic rings. The summed E-state index contributed by atoms with van der Waals surface area (Å²) < 4.78 is 10.2. The monoisotopic (exact) mass is 442 g/mol. The minimum Gasteiger partial charge on any atom is -0.495 e. The summed E-state index contributed by atoms with van der Waals surface area (Å²) in [5, 5.41) is 10.7. The quantitative estimate of drug-likeness (QED) is 0.599. The number of aliphatic carboxylic acids is 1. The van der Waals surface area contributed by atoms with E-state index in [1.54, 1.807) is 48.5 Å². The zero-order valence-electron chi connectivity index (χ0n) is 16.4. The van der Waals surface area contributed by atoms with Gasteiger partial charge in [0.05, 0.1) is 17.7 Å². The lowest BCUT2D eigenvalue weighted by molar-refractivity contribution is -0.139. The Bertz CT molecular complexity index is 1050. The van der Waals surface area contributed by atoms with Gasteiger partial charge in [-0.2, -0.15) is 0 Å². The number of carbonyl (C=O) groups is 4. The van der Waals surface area contributed by atoms with E-state index < -0.39 is 36.2 Å². The van der Waals surface area contributed by atoms with Crippen LogP contribution >= 0.6 is 11.8 Å². The molecule has 31 heavy (non-hydrogen) atoms. The molecule has 0 spiro atoms. The summed E-state index contributed by atoms with van der Waals surface area (Å²) in [5.74, 6) is -1.38. The average molecular weight is 442 g/mol. The van der Waals surface area contributed by atoms with Crippen LogP contribution in [0.3, 0.4) is 0 Å². The second-order valence-electron chi connectivity index (χ2n) is 6.27. The number of nitrogens with one attached hydrogen (secondary N) is 1. The van der Waals surface area contributed by atoms with Crippen LogP contribution in [0.2, 0.25) is 0 Å². The molecule has 0 bridgehead atoms. The van der Waals surface area contributed by atoms with Crippen molar-refractivity contribution >= 4 is 46.5 Å². The lowest BCUT2D eigenvalue weighted by atomic mass is 10.2. The summed E-state index contributed by atoms with van der Waals surface area (Å²) in [6.07, 6.45) is 1.52. The molecule has 0 aromatic heterocycles. The Hall–Kier alpha value is -3.79. The number of carboxylic acid groups (broad SMARTS) is 1. The average Bonchev–Trinajstić information content (AvgIpc) is 3.01. The molecule has 10 heteroatoms. The van der Waals surface area contributed by atoms with Gasteiger partial charge in [0.2, 0.25) is 5.91 Å². The zero-order chi connectivity index (χ0) is 22.4. The number of thioether (sulfide) groups is 1. The summed E-state index contributed by atoms with van der Waals surface area (Å²) in [4.78, 5) is 48.8. The number of carboxylic acids is 1. The highest BCUT2D eigenvalue weighted by molar-refractivity contribution is 8.18. The third-order valence-electron chi connectivity index (χ3n) is 4.10. The van der Waals surface area contributed by atoms with Gasteiger partial charge in [-0.1, -0.05) is 24.3 Å². The number of hydrogen-bond donors (Lipinski definition) is 2. The maximum absolute atomic E-state index is 12.6. The van der Waals surface area contributed by atoms with Crippen molar-refractivity contribution in [2.45, 2.75) is 0 Å². The number of para-hydroxylation sites is 2. The van der Waals surface area contributed by atoms with E-state index in [1.807, 2.05) is 0 Å². The van der Waals surface area contributed by atoms with Gasteiger partial charge in [0.1, 0.15) is 18.0 Å². The number of imide groups is 1. The Balaban J connectivity index is 1.65. The molecule has 3 amide bonds. The molecule has 0 aliphatic carbocycles. The summed E-state index contributed by atoms with van der Waals surface area (Å²) in [6, 6.07) is 13.2. The Labute approximate surface area is 181 Å². The van der Waals surface area contributed by atoms with Crippen molar-refractivity contribution in [3.05, 3.63) is 59.0 Å². The summed E-state index contributed by atoms with van der Waals surface area (Å²) in [5.41, 5.74) is 1.05. The molecule has 0 atom stereocenters. The second-order valence-corrected chi connectivity index (χ2v) is 7.26. The van der Waals surface area contributed by atoms with Gasteiger partial charge in [-0.3, -0.25) is 19.3 Å². The fourth-order valence-electron chi connectivity index (χ4n) is 2.67. The Morgan fingerprint density at radius 2 is 1.84 bits per heavy atom. The van der Waals surface area contributed by atoms with E-state index in [4.69, 9.17) is 14.6 Å². The molecule has 2 aromatic rings. The van der Waals surface area contributed by atoms with Crippen molar-refractivity contribution in [2.24, 2.45) is 0 Å². The van der Waals surface area contributed by atoms with Gasteiger partial charge >= 0.3 is 5.97 Å². The van der Waals surface area contributed by atoms with E-state index in [0.717, 1.165) is 16.7 Å². The smallest absolute Gasteiger partial charge is 0.341 e. The van der Waals surface area contributed by atoms with Gasteiger partial charge in [0.15, 0.2) is 6.61 Å². The second kappa shape index (κ2) is 9.81. The fourth-order valence-corrected chi connectivity index (χ4v) is 3.51. The van der Waals surface area contributed by atoms with Crippen molar-refractivity contribution in [3.63, 3.8) is 0 Å². The van der Waals surface area contributed by atoms with Crippen molar-refractivity contribution in [3.8, 4) is 11.5 Å². The van der Waals surface area contributed by atoms with Gasteiger partial charge in [-0.05, 0) is 47.7 Å². The largest absolute Gasteiger partial charge is 0.495 e. The molecule has 1 aliphatic heterocycles. The molecule has 2 N–H and O–H groups in total. The van der Waals surface area contributed by atoms with Crippen LogP contribution in [0, 0.1) is 0 Å². The Morgan fingerprint density at radius 1 is 1.13 bits per heavy atom. The molecular formula is C21H18N2O7S.